The van der Waals surface area contributed by atoms with Gasteiger partial charge in [-0.3, -0.25) is 9.59 Å². The molecule has 0 N–H and O–H groups in total. The molecule has 7 heteroatoms. The van der Waals surface area contributed by atoms with E-state index in [1.807, 2.05) is 25.1 Å². The van der Waals surface area contributed by atoms with Crippen LogP contribution in [0.5, 0.6) is 11.6 Å². The molecule has 0 radical (unpaired) electrons. The van der Waals surface area contributed by atoms with Gasteiger partial charge in [-0.25, -0.2) is 9.78 Å². The lowest BCUT2D eigenvalue weighted by Crippen LogP contribution is -2.32. The molecule has 3 aromatic rings. The highest BCUT2D eigenvalue weighted by molar-refractivity contribution is 6.21. The molecule has 0 aliphatic carbocycles. The van der Waals surface area contributed by atoms with E-state index >= 15 is 0 Å². The summed E-state index contributed by atoms with van der Waals surface area (Å²) in [6.45, 7) is 6.28. The standard InChI is InChI=1S/C24H20N2O5/c1-14(2)18-10-9-17(12-15(18)3)30-21-11-8-16(13-25-21)24(29)31-26-22(27)19-6-4-5-7-20(19)23(26)28/h4-14H,1-3H3. The topological polar surface area (TPSA) is 85.8 Å². The Kier molecular flexibility index (Phi) is 5.25. The number of ether oxygens (including phenoxy) is 1. The molecule has 31 heavy (non-hydrogen) atoms. The number of carbonyl (C=O) groups is 3. The fourth-order valence-corrected chi connectivity index (χ4v) is 3.43. The maximum Gasteiger partial charge on any atom is 0.365 e. The molecular weight excluding hydrogens is 396 g/mol. The van der Waals surface area contributed by atoms with Crippen molar-refractivity contribution in [1.82, 2.24) is 10.0 Å². The Morgan fingerprint density at radius 1 is 0.968 bits per heavy atom. The van der Waals surface area contributed by atoms with Gasteiger partial charge in [0.2, 0.25) is 5.88 Å². The number of pyridine rings is 1. The molecule has 1 aliphatic heterocycles. The Morgan fingerprint density at radius 3 is 2.19 bits per heavy atom. The van der Waals surface area contributed by atoms with Crippen molar-refractivity contribution in [2.24, 2.45) is 0 Å². The molecule has 1 aliphatic rings. The summed E-state index contributed by atoms with van der Waals surface area (Å²) in [5, 5.41) is 0.469. The van der Waals surface area contributed by atoms with Crippen LogP contribution in [0.2, 0.25) is 0 Å². The molecule has 2 heterocycles. The van der Waals surface area contributed by atoms with Crippen molar-refractivity contribution in [2.45, 2.75) is 26.7 Å². The van der Waals surface area contributed by atoms with Crippen molar-refractivity contribution in [3.63, 3.8) is 0 Å². The average molecular weight is 416 g/mol. The lowest BCUT2D eigenvalue weighted by atomic mass is 9.98. The largest absolute Gasteiger partial charge is 0.439 e. The van der Waals surface area contributed by atoms with Gasteiger partial charge in [-0.2, -0.15) is 0 Å². The van der Waals surface area contributed by atoms with E-state index < -0.39 is 17.8 Å². The third kappa shape index (κ3) is 3.90. The Hall–Kier alpha value is -4.00. The number of benzene rings is 2. The van der Waals surface area contributed by atoms with E-state index in [1.54, 1.807) is 12.1 Å². The van der Waals surface area contributed by atoms with Crippen molar-refractivity contribution in [3.8, 4) is 11.6 Å². The van der Waals surface area contributed by atoms with Gasteiger partial charge in [-0.05, 0) is 54.3 Å². The molecule has 4 rings (SSSR count). The highest BCUT2D eigenvalue weighted by Gasteiger charge is 2.38. The summed E-state index contributed by atoms with van der Waals surface area (Å²) < 4.78 is 5.76. The van der Waals surface area contributed by atoms with Crippen molar-refractivity contribution in [2.75, 3.05) is 0 Å². The fraction of sp³-hybridized carbons (Fsp3) is 0.167. The summed E-state index contributed by atoms with van der Waals surface area (Å²) in [5.41, 5.74) is 2.83. The molecular formula is C24H20N2O5. The number of nitrogens with zero attached hydrogens (tertiary/aromatic N) is 2. The zero-order chi connectivity index (χ0) is 22.1. The molecule has 0 atom stereocenters. The monoisotopic (exact) mass is 416 g/mol. The molecule has 0 saturated heterocycles. The average Bonchev–Trinajstić information content (AvgIpc) is 2.99. The number of hydroxylamine groups is 2. The molecule has 2 aromatic carbocycles. The number of aryl methyl sites for hydroxylation is 1. The van der Waals surface area contributed by atoms with E-state index in [-0.39, 0.29) is 16.7 Å². The van der Waals surface area contributed by atoms with Crippen LogP contribution in [-0.2, 0) is 4.84 Å². The Balaban J connectivity index is 1.44. The van der Waals surface area contributed by atoms with Crippen LogP contribution in [0.4, 0.5) is 0 Å². The van der Waals surface area contributed by atoms with Crippen LogP contribution < -0.4 is 4.74 Å². The first kappa shape index (κ1) is 20.3. The van der Waals surface area contributed by atoms with Gasteiger partial charge in [-0.15, -0.1) is 0 Å². The van der Waals surface area contributed by atoms with E-state index in [0.29, 0.717) is 22.6 Å². The highest BCUT2D eigenvalue weighted by Crippen LogP contribution is 2.27. The van der Waals surface area contributed by atoms with Gasteiger partial charge in [-0.1, -0.05) is 37.1 Å². The van der Waals surface area contributed by atoms with Gasteiger partial charge in [0.25, 0.3) is 11.8 Å². The molecule has 0 fully saturated rings. The number of amides is 2. The minimum absolute atomic E-state index is 0.0789. The highest BCUT2D eigenvalue weighted by atomic mass is 16.7. The molecule has 0 bridgehead atoms. The third-order valence-electron chi connectivity index (χ3n) is 4.99. The van der Waals surface area contributed by atoms with E-state index in [9.17, 15) is 14.4 Å². The van der Waals surface area contributed by atoms with Gasteiger partial charge in [0.15, 0.2) is 0 Å². The maximum absolute atomic E-state index is 12.4. The Morgan fingerprint density at radius 2 is 1.65 bits per heavy atom. The Labute approximate surface area is 179 Å². The number of carbonyl (C=O) groups excluding carboxylic acids is 3. The van der Waals surface area contributed by atoms with E-state index in [0.717, 1.165) is 5.56 Å². The van der Waals surface area contributed by atoms with Crippen LogP contribution in [0, 0.1) is 6.92 Å². The number of aromatic nitrogens is 1. The van der Waals surface area contributed by atoms with E-state index in [1.165, 1.54) is 36.0 Å². The second kappa shape index (κ2) is 8.02. The van der Waals surface area contributed by atoms with Crippen LogP contribution in [0.25, 0.3) is 0 Å². The molecule has 2 amide bonds. The maximum atomic E-state index is 12.4. The third-order valence-corrected chi connectivity index (χ3v) is 4.99. The molecule has 1 aromatic heterocycles. The van der Waals surface area contributed by atoms with Gasteiger partial charge >= 0.3 is 5.97 Å². The minimum Gasteiger partial charge on any atom is -0.439 e. The van der Waals surface area contributed by atoms with Crippen LogP contribution in [0.3, 0.4) is 0 Å². The smallest absolute Gasteiger partial charge is 0.365 e. The first-order valence-electron chi connectivity index (χ1n) is 9.79. The minimum atomic E-state index is -0.870. The number of hydrogen-bond acceptors (Lipinski definition) is 6. The number of fused-ring (bicyclic) bond motifs is 1. The van der Waals surface area contributed by atoms with Gasteiger partial charge in [0, 0.05) is 12.3 Å². The zero-order valence-electron chi connectivity index (χ0n) is 17.3. The summed E-state index contributed by atoms with van der Waals surface area (Å²) in [6.07, 6.45) is 1.27. The second-order valence-electron chi connectivity index (χ2n) is 7.49. The fourth-order valence-electron chi connectivity index (χ4n) is 3.43. The summed E-state index contributed by atoms with van der Waals surface area (Å²) >= 11 is 0. The van der Waals surface area contributed by atoms with Crippen LogP contribution >= 0.6 is 0 Å². The van der Waals surface area contributed by atoms with Crippen LogP contribution in [0.1, 0.15) is 62.0 Å². The van der Waals surface area contributed by atoms with Crippen molar-refractivity contribution in [3.05, 3.63) is 88.6 Å². The zero-order valence-corrected chi connectivity index (χ0v) is 17.3. The molecule has 7 nitrogen and oxygen atoms in total. The predicted molar refractivity (Wildman–Crippen MR) is 112 cm³/mol. The van der Waals surface area contributed by atoms with Crippen molar-refractivity contribution < 1.29 is 24.0 Å². The number of hydrogen-bond donors (Lipinski definition) is 0. The number of rotatable bonds is 5. The van der Waals surface area contributed by atoms with Crippen LogP contribution in [-0.4, -0.2) is 27.8 Å². The summed E-state index contributed by atoms with van der Waals surface area (Å²) in [4.78, 5) is 46.2. The molecule has 0 unspecified atom stereocenters. The van der Waals surface area contributed by atoms with E-state index in [4.69, 9.17) is 9.57 Å². The Bertz CT molecular complexity index is 1150. The SMILES string of the molecule is Cc1cc(Oc2ccc(C(=O)ON3C(=O)c4ccccc4C3=O)cn2)ccc1C(C)C. The van der Waals surface area contributed by atoms with Crippen molar-refractivity contribution >= 4 is 17.8 Å². The summed E-state index contributed by atoms with van der Waals surface area (Å²) in [6, 6.07) is 15.1. The lowest BCUT2D eigenvalue weighted by molar-refractivity contribution is -0.0584. The normalized spacial score (nSPS) is 12.8. The lowest BCUT2D eigenvalue weighted by Gasteiger charge is -2.13. The molecule has 156 valence electrons. The van der Waals surface area contributed by atoms with Gasteiger partial charge in [0.05, 0.1) is 16.7 Å². The molecule has 0 saturated carbocycles. The van der Waals surface area contributed by atoms with E-state index in [2.05, 4.69) is 18.8 Å². The van der Waals surface area contributed by atoms with Crippen molar-refractivity contribution in [1.29, 1.82) is 0 Å². The van der Waals surface area contributed by atoms with Gasteiger partial charge in [0.1, 0.15) is 5.75 Å². The predicted octanol–water partition coefficient (Wildman–Crippen LogP) is 4.67. The molecule has 0 spiro atoms. The second-order valence-corrected chi connectivity index (χ2v) is 7.49. The first-order chi connectivity index (χ1) is 14.8. The quantitative estimate of drug-likeness (QED) is 0.562. The first-order valence-corrected chi connectivity index (χ1v) is 9.79. The van der Waals surface area contributed by atoms with Crippen LogP contribution in [0.15, 0.2) is 60.8 Å². The number of imide groups is 1. The van der Waals surface area contributed by atoms with Gasteiger partial charge < -0.3 is 9.57 Å². The summed E-state index contributed by atoms with van der Waals surface area (Å²) in [7, 11) is 0. The summed E-state index contributed by atoms with van der Waals surface area (Å²) in [5.74, 6) is -0.876.